The van der Waals surface area contributed by atoms with Gasteiger partial charge in [-0.05, 0) is 23.4 Å². The van der Waals surface area contributed by atoms with Crippen LogP contribution in [0.3, 0.4) is 0 Å². The lowest BCUT2D eigenvalue weighted by atomic mass is 10.3. The van der Waals surface area contributed by atoms with Crippen LogP contribution in [0.2, 0.25) is 0 Å². The molecule has 0 heterocycles. The second-order valence-electron chi connectivity index (χ2n) is 4.38. The van der Waals surface area contributed by atoms with Crippen LogP contribution in [0.4, 0.5) is 11.4 Å². The number of unbranched alkanes of at least 4 members (excludes halogenated alkanes) is 1. The molecule has 0 aromatic heterocycles. The van der Waals surface area contributed by atoms with Gasteiger partial charge in [-0.15, -0.1) is 0 Å². The number of hydrogen-bond acceptors (Lipinski definition) is 3. The van der Waals surface area contributed by atoms with Gasteiger partial charge in [0.25, 0.3) is 0 Å². The van der Waals surface area contributed by atoms with Gasteiger partial charge < -0.3 is 9.94 Å². The van der Waals surface area contributed by atoms with E-state index in [0.717, 1.165) is 12.8 Å². The minimum absolute atomic E-state index is 0.496. The van der Waals surface area contributed by atoms with Crippen LogP contribution in [-0.2, 0) is 0 Å². The highest BCUT2D eigenvalue weighted by Crippen LogP contribution is 2.28. The molecule has 0 aliphatic heterocycles. The number of nitrogens with zero attached hydrogens (tertiary/aromatic N) is 2. The summed E-state index contributed by atoms with van der Waals surface area (Å²) in [4.78, 5) is 0.613. The van der Waals surface area contributed by atoms with Gasteiger partial charge in [-0.3, -0.25) is 0 Å². The Balaban J connectivity index is 2.20. The third-order valence-corrected chi connectivity index (χ3v) is 2.80. The highest BCUT2D eigenvalue weighted by Gasteiger charge is 2.07. The molecule has 0 aliphatic carbocycles. The molecule has 0 aliphatic rings. The molecule has 0 radical (unpaired) electrons. The molecule has 0 amide bonds. The second-order valence-corrected chi connectivity index (χ2v) is 4.38. The second kappa shape index (κ2) is 7.28. The topological polar surface area (TPSA) is 47.7 Å². The summed E-state index contributed by atoms with van der Waals surface area (Å²) in [5.74, 6) is 0.637. The Morgan fingerprint density at radius 1 is 1.05 bits per heavy atom. The lowest BCUT2D eigenvalue weighted by Gasteiger charge is -2.07. The first-order chi connectivity index (χ1) is 9.81. The molecule has 0 atom stereocenters. The quantitative estimate of drug-likeness (QED) is 0.328. The van der Waals surface area contributed by atoms with Gasteiger partial charge in [-0.25, -0.2) is 0 Å². The summed E-state index contributed by atoms with van der Waals surface area (Å²) in [5, 5.41) is 16.1. The van der Waals surface area contributed by atoms with Gasteiger partial charge in [0.1, 0.15) is 0 Å². The first kappa shape index (κ1) is 14.1. The summed E-state index contributed by atoms with van der Waals surface area (Å²) in [7, 11) is 0. The number of hydrogen-bond donors (Lipinski definition) is 0. The van der Waals surface area contributed by atoms with E-state index in [1.807, 2.05) is 24.3 Å². The maximum atomic E-state index is 12.0. The molecule has 0 saturated carbocycles. The maximum Gasteiger partial charge on any atom is 0.244 e. The Morgan fingerprint density at radius 3 is 2.50 bits per heavy atom. The van der Waals surface area contributed by atoms with Crippen LogP contribution in [0, 0.1) is 5.21 Å². The fraction of sp³-hybridized carbons (Fsp3) is 0.250. The SMILES string of the molecule is CCCCOc1ccccc1N=[N+]([O-])c1ccccc1. The van der Waals surface area contributed by atoms with E-state index in [1.54, 1.807) is 30.3 Å². The van der Waals surface area contributed by atoms with Crippen LogP contribution < -0.4 is 4.74 Å². The lowest BCUT2D eigenvalue weighted by molar-refractivity contribution is -0.435. The van der Waals surface area contributed by atoms with Crippen LogP contribution in [0.5, 0.6) is 5.75 Å². The van der Waals surface area contributed by atoms with Crippen molar-refractivity contribution in [3.63, 3.8) is 0 Å². The molecule has 20 heavy (non-hydrogen) atoms. The highest BCUT2D eigenvalue weighted by atomic mass is 16.5. The Morgan fingerprint density at radius 2 is 1.75 bits per heavy atom. The molecule has 4 heteroatoms. The predicted molar refractivity (Wildman–Crippen MR) is 78.7 cm³/mol. The normalized spacial score (nSPS) is 11.3. The van der Waals surface area contributed by atoms with Crippen molar-refractivity contribution in [3.8, 4) is 5.75 Å². The van der Waals surface area contributed by atoms with E-state index < -0.39 is 0 Å². The van der Waals surface area contributed by atoms with Gasteiger partial charge in [-0.1, -0.05) is 43.7 Å². The van der Waals surface area contributed by atoms with Gasteiger partial charge in [-0.2, -0.15) is 0 Å². The first-order valence-electron chi connectivity index (χ1n) is 6.77. The molecule has 0 unspecified atom stereocenters. The van der Waals surface area contributed by atoms with E-state index in [4.69, 9.17) is 4.74 Å². The van der Waals surface area contributed by atoms with Gasteiger partial charge in [0.05, 0.1) is 6.61 Å². The Labute approximate surface area is 118 Å². The fourth-order valence-electron chi connectivity index (χ4n) is 1.70. The summed E-state index contributed by atoms with van der Waals surface area (Å²) in [5.41, 5.74) is 1.04. The average Bonchev–Trinajstić information content (AvgIpc) is 2.50. The molecule has 104 valence electrons. The van der Waals surface area contributed by atoms with Gasteiger partial charge in [0.15, 0.2) is 11.4 Å². The van der Waals surface area contributed by atoms with Crippen LogP contribution >= 0.6 is 0 Å². The van der Waals surface area contributed by atoms with Gasteiger partial charge >= 0.3 is 0 Å². The molecular weight excluding hydrogens is 252 g/mol. The van der Waals surface area contributed by atoms with E-state index in [2.05, 4.69) is 12.0 Å². The van der Waals surface area contributed by atoms with E-state index in [-0.39, 0.29) is 0 Å². The zero-order valence-electron chi connectivity index (χ0n) is 11.5. The molecule has 0 spiro atoms. The Bertz CT molecular complexity index is 568. The maximum absolute atomic E-state index is 12.0. The van der Waals surface area contributed by atoms with Crippen molar-refractivity contribution < 1.29 is 9.60 Å². The van der Waals surface area contributed by atoms with Crippen LogP contribution in [0.25, 0.3) is 0 Å². The van der Waals surface area contributed by atoms with Crippen LogP contribution in [-0.4, -0.2) is 11.5 Å². The molecule has 0 saturated heterocycles. The summed E-state index contributed by atoms with van der Waals surface area (Å²) >= 11 is 0. The third-order valence-electron chi connectivity index (χ3n) is 2.80. The summed E-state index contributed by atoms with van der Waals surface area (Å²) in [6.45, 7) is 2.74. The van der Waals surface area contributed by atoms with Crippen molar-refractivity contribution >= 4 is 11.4 Å². The van der Waals surface area contributed by atoms with Crippen molar-refractivity contribution in [2.24, 2.45) is 5.11 Å². The number of ether oxygens (including phenoxy) is 1. The summed E-state index contributed by atoms with van der Waals surface area (Å²) in [6, 6.07) is 16.2. The standard InChI is InChI=1S/C16H18N2O2/c1-2-3-13-20-16-12-8-7-11-15(16)17-18(19)14-9-5-4-6-10-14/h4-12H,2-3,13H2,1H3. The first-order valence-corrected chi connectivity index (χ1v) is 6.77. The number of benzene rings is 2. The predicted octanol–water partition coefficient (Wildman–Crippen LogP) is 4.79. The molecular formula is C16H18N2O2. The Hall–Kier alpha value is -2.36. The van der Waals surface area contributed by atoms with Gasteiger partial charge in [0, 0.05) is 17.2 Å². The fourth-order valence-corrected chi connectivity index (χ4v) is 1.70. The minimum atomic E-state index is 0.496. The summed E-state index contributed by atoms with van der Waals surface area (Å²) in [6.07, 6.45) is 2.05. The molecule has 2 rings (SSSR count). The van der Waals surface area contributed by atoms with E-state index >= 15 is 0 Å². The zero-order chi connectivity index (χ0) is 14.2. The van der Waals surface area contributed by atoms with Crippen molar-refractivity contribution in [3.05, 3.63) is 59.8 Å². The summed E-state index contributed by atoms with van der Waals surface area (Å²) < 4.78 is 5.65. The number of para-hydroxylation sites is 2. The lowest BCUT2D eigenvalue weighted by Crippen LogP contribution is -1.97. The largest absolute Gasteiger partial charge is 0.594 e. The van der Waals surface area contributed by atoms with E-state index in [1.165, 1.54) is 0 Å². The van der Waals surface area contributed by atoms with Crippen LogP contribution in [0.1, 0.15) is 19.8 Å². The van der Waals surface area contributed by atoms with Crippen molar-refractivity contribution in [1.29, 1.82) is 0 Å². The van der Waals surface area contributed by atoms with Crippen molar-refractivity contribution in [1.82, 2.24) is 0 Å². The van der Waals surface area contributed by atoms with E-state index in [9.17, 15) is 5.21 Å². The zero-order valence-corrected chi connectivity index (χ0v) is 11.5. The smallest absolute Gasteiger partial charge is 0.244 e. The molecule has 2 aromatic rings. The molecule has 0 bridgehead atoms. The number of azo groups is 1. The van der Waals surface area contributed by atoms with Crippen molar-refractivity contribution in [2.75, 3.05) is 6.61 Å². The highest BCUT2D eigenvalue weighted by molar-refractivity contribution is 5.50. The minimum Gasteiger partial charge on any atom is -0.594 e. The van der Waals surface area contributed by atoms with Crippen molar-refractivity contribution in [2.45, 2.75) is 19.8 Å². The average molecular weight is 270 g/mol. The Kier molecular flexibility index (Phi) is 5.12. The monoisotopic (exact) mass is 270 g/mol. The molecule has 4 nitrogen and oxygen atoms in total. The molecule has 0 fully saturated rings. The van der Waals surface area contributed by atoms with Gasteiger partial charge in [0.2, 0.25) is 5.69 Å². The molecule has 0 N–H and O–H groups in total. The third kappa shape index (κ3) is 3.82. The van der Waals surface area contributed by atoms with Crippen LogP contribution in [0.15, 0.2) is 59.7 Å². The molecule has 2 aromatic carbocycles. The van der Waals surface area contributed by atoms with E-state index in [0.29, 0.717) is 28.6 Å². The number of rotatable bonds is 6.